The van der Waals surface area contributed by atoms with Gasteiger partial charge in [-0.05, 0) is 45.0 Å². The molecule has 0 fully saturated rings. The fourth-order valence-corrected chi connectivity index (χ4v) is 3.22. The van der Waals surface area contributed by atoms with Crippen LogP contribution in [0.15, 0.2) is 36.4 Å². The van der Waals surface area contributed by atoms with Crippen LogP contribution in [0.2, 0.25) is 0 Å². The van der Waals surface area contributed by atoms with Crippen LogP contribution in [0.25, 0.3) is 0 Å². The van der Waals surface area contributed by atoms with Gasteiger partial charge in [0.2, 0.25) is 5.91 Å². The van der Waals surface area contributed by atoms with E-state index < -0.39 is 0 Å². The monoisotopic (exact) mass is 342 g/mol. The number of likely N-dealkylation sites (N-methyl/N-ethyl adjacent to an activating group) is 1. The molecule has 0 aliphatic heterocycles. The molecule has 2 aromatic rings. The number of rotatable bonds is 9. The van der Waals surface area contributed by atoms with Gasteiger partial charge in [0.1, 0.15) is 6.54 Å². The summed E-state index contributed by atoms with van der Waals surface area (Å²) >= 11 is 0. The lowest BCUT2D eigenvalue weighted by Crippen LogP contribution is -2.45. The first-order chi connectivity index (χ1) is 12.0. The molecule has 1 aromatic heterocycles. The molecule has 1 heterocycles. The van der Waals surface area contributed by atoms with Crippen molar-refractivity contribution in [1.82, 2.24) is 20.0 Å². The van der Waals surface area contributed by atoms with Crippen LogP contribution in [0, 0.1) is 13.8 Å². The Morgan fingerprint density at radius 2 is 1.88 bits per heavy atom. The highest BCUT2D eigenvalue weighted by Crippen LogP contribution is 2.09. The fraction of sp³-hybridized carbons (Fsp3) is 0.500. The zero-order valence-corrected chi connectivity index (χ0v) is 15.8. The van der Waals surface area contributed by atoms with Gasteiger partial charge in [0.15, 0.2) is 0 Å². The smallest absolute Gasteiger partial charge is 0.241 e. The van der Waals surface area contributed by atoms with E-state index in [0.717, 1.165) is 30.9 Å². The second-order valence-electron chi connectivity index (χ2n) is 6.45. The summed E-state index contributed by atoms with van der Waals surface area (Å²) in [7, 11) is 0. The Morgan fingerprint density at radius 3 is 2.44 bits per heavy atom. The van der Waals surface area contributed by atoms with E-state index in [2.05, 4.69) is 53.4 Å². The molecule has 0 saturated heterocycles. The van der Waals surface area contributed by atoms with E-state index in [9.17, 15) is 4.79 Å². The van der Waals surface area contributed by atoms with Crippen LogP contribution in [0.5, 0.6) is 0 Å². The molecule has 0 radical (unpaired) electrons. The third-order valence-corrected chi connectivity index (χ3v) is 4.57. The van der Waals surface area contributed by atoms with E-state index in [0.29, 0.717) is 12.6 Å². The second kappa shape index (κ2) is 9.37. The van der Waals surface area contributed by atoms with Gasteiger partial charge < -0.3 is 5.32 Å². The molecule has 1 atom stereocenters. The lowest BCUT2D eigenvalue weighted by atomic mass is 10.0. The summed E-state index contributed by atoms with van der Waals surface area (Å²) in [6.45, 7) is 11.1. The van der Waals surface area contributed by atoms with Crippen molar-refractivity contribution in [2.45, 2.75) is 46.7 Å². The predicted molar refractivity (Wildman–Crippen MR) is 102 cm³/mol. The van der Waals surface area contributed by atoms with Crippen LogP contribution < -0.4 is 5.32 Å². The van der Waals surface area contributed by atoms with Gasteiger partial charge in [-0.25, -0.2) is 0 Å². The topological polar surface area (TPSA) is 50.2 Å². The zero-order chi connectivity index (χ0) is 18.2. The lowest BCUT2D eigenvalue weighted by Gasteiger charge is -2.30. The summed E-state index contributed by atoms with van der Waals surface area (Å²) in [6, 6.07) is 12.7. The Kier molecular flexibility index (Phi) is 7.19. The van der Waals surface area contributed by atoms with Crippen molar-refractivity contribution in [3.05, 3.63) is 53.3 Å². The second-order valence-corrected chi connectivity index (χ2v) is 6.45. The van der Waals surface area contributed by atoms with Crippen LogP contribution in [0.4, 0.5) is 0 Å². The van der Waals surface area contributed by atoms with E-state index in [-0.39, 0.29) is 12.5 Å². The van der Waals surface area contributed by atoms with Gasteiger partial charge in [-0.15, -0.1) is 0 Å². The van der Waals surface area contributed by atoms with Gasteiger partial charge in [-0.3, -0.25) is 14.4 Å². The highest BCUT2D eigenvalue weighted by Gasteiger charge is 2.17. The molecule has 1 N–H and O–H groups in total. The van der Waals surface area contributed by atoms with Gasteiger partial charge in [-0.2, -0.15) is 5.10 Å². The SMILES string of the molecule is CCN(CC)[C@@H](CNC(=O)Cn1nc(C)cc1C)Cc1ccccc1. The summed E-state index contributed by atoms with van der Waals surface area (Å²) in [4.78, 5) is 14.7. The molecule has 0 aliphatic rings. The van der Waals surface area contributed by atoms with Crippen molar-refractivity contribution in [3.8, 4) is 0 Å². The maximum Gasteiger partial charge on any atom is 0.241 e. The number of aromatic nitrogens is 2. The van der Waals surface area contributed by atoms with Gasteiger partial charge >= 0.3 is 0 Å². The van der Waals surface area contributed by atoms with E-state index in [1.165, 1.54) is 5.56 Å². The molecule has 136 valence electrons. The third kappa shape index (κ3) is 5.71. The molecule has 2 rings (SSSR count). The molecule has 0 spiro atoms. The minimum atomic E-state index is 0.0106. The van der Waals surface area contributed by atoms with E-state index in [1.807, 2.05) is 26.0 Å². The number of carbonyl (C=O) groups is 1. The Hall–Kier alpha value is -2.14. The van der Waals surface area contributed by atoms with Crippen molar-refractivity contribution in [3.63, 3.8) is 0 Å². The predicted octanol–water partition coefficient (Wildman–Crippen LogP) is 2.57. The maximum atomic E-state index is 12.3. The number of hydrogen-bond donors (Lipinski definition) is 1. The Morgan fingerprint density at radius 1 is 1.20 bits per heavy atom. The van der Waals surface area contributed by atoms with Crippen LogP contribution in [-0.2, 0) is 17.8 Å². The number of carbonyl (C=O) groups excluding carboxylic acids is 1. The Bertz CT molecular complexity index is 662. The molecule has 0 unspecified atom stereocenters. The average molecular weight is 342 g/mol. The molecule has 0 bridgehead atoms. The molecule has 1 aromatic carbocycles. The van der Waals surface area contributed by atoms with Crippen molar-refractivity contribution in [2.24, 2.45) is 0 Å². The van der Waals surface area contributed by atoms with Gasteiger partial charge in [0.25, 0.3) is 0 Å². The molecule has 0 saturated carbocycles. The van der Waals surface area contributed by atoms with Crippen molar-refractivity contribution >= 4 is 5.91 Å². The Balaban J connectivity index is 1.96. The third-order valence-electron chi connectivity index (χ3n) is 4.57. The maximum absolute atomic E-state index is 12.3. The number of amides is 1. The van der Waals surface area contributed by atoms with E-state index in [4.69, 9.17) is 0 Å². The minimum Gasteiger partial charge on any atom is -0.353 e. The number of aryl methyl sites for hydroxylation is 2. The standard InChI is InChI=1S/C20H30N4O/c1-5-23(6-2)19(13-18-10-8-7-9-11-18)14-21-20(25)15-24-17(4)12-16(3)22-24/h7-12,19H,5-6,13-15H2,1-4H3,(H,21,25)/t19-/m1/s1. The van der Waals surface area contributed by atoms with Crippen LogP contribution >= 0.6 is 0 Å². The molecule has 0 aliphatic carbocycles. The van der Waals surface area contributed by atoms with Gasteiger partial charge in [-0.1, -0.05) is 44.2 Å². The first kappa shape index (κ1) is 19.2. The molecular weight excluding hydrogens is 312 g/mol. The van der Waals surface area contributed by atoms with E-state index >= 15 is 0 Å². The summed E-state index contributed by atoms with van der Waals surface area (Å²) in [5.41, 5.74) is 3.25. The largest absolute Gasteiger partial charge is 0.353 e. The summed E-state index contributed by atoms with van der Waals surface area (Å²) in [5, 5.41) is 7.45. The fourth-order valence-electron chi connectivity index (χ4n) is 3.22. The highest BCUT2D eigenvalue weighted by molar-refractivity contribution is 5.75. The first-order valence-corrected chi connectivity index (χ1v) is 9.09. The summed E-state index contributed by atoms with van der Waals surface area (Å²) < 4.78 is 1.76. The normalized spacial score (nSPS) is 12.4. The average Bonchev–Trinajstić information content (AvgIpc) is 2.91. The molecule has 5 heteroatoms. The summed E-state index contributed by atoms with van der Waals surface area (Å²) in [5.74, 6) is 0.0106. The zero-order valence-electron chi connectivity index (χ0n) is 15.8. The highest BCUT2D eigenvalue weighted by atomic mass is 16.2. The van der Waals surface area contributed by atoms with Crippen molar-refractivity contribution < 1.29 is 4.79 Å². The summed E-state index contributed by atoms with van der Waals surface area (Å²) in [6.07, 6.45) is 0.933. The number of nitrogens with one attached hydrogen (secondary N) is 1. The number of hydrogen-bond acceptors (Lipinski definition) is 3. The van der Waals surface area contributed by atoms with Crippen molar-refractivity contribution in [2.75, 3.05) is 19.6 Å². The lowest BCUT2D eigenvalue weighted by molar-refractivity contribution is -0.122. The number of nitrogens with zero attached hydrogens (tertiary/aromatic N) is 3. The molecule has 5 nitrogen and oxygen atoms in total. The van der Waals surface area contributed by atoms with Crippen LogP contribution in [0.3, 0.4) is 0 Å². The van der Waals surface area contributed by atoms with Crippen LogP contribution in [-0.4, -0.2) is 46.3 Å². The van der Waals surface area contributed by atoms with Gasteiger partial charge in [0, 0.05) is 18.3 Å². The number of benzene rings is 1. The van der Waals surface area contributed by atoms with Crippen molar-refractivity contribution in [1.29, 1.82) is 0 Å². The molecule has 25 heavy (non-hydrogen) atoms. The van der Waals surface area contributed by atoms with Gasteiger partial charge in [0.05, 0.1) is 5.69 Å². The van der Waals surface area contributed by atoms with E-state index in [1.54, 1.807) is 4.68 Å². The Labute approximate surface area is 151 Å². The first-order valence-electron chi connectivity index (χ1n) is 9.09. The quantitative estimate of drug-likeness (QED) is 0.762. The minimum absolute atomic E-state index is 0.0106. The molecule has 1 amide bonds. The van der Waals surface area contributed by atoms with Crippen LogP contribution in [0.1, 0.15) is 30.8 Å². The molecular formula is C20H30N4O.